The van der Waals surface area contributed by atoms with Crippen LogP contribution in [0.3, 0.4) is 0 Å². The number of likely N-dealkylation sites (tertiary alicyclic amines) is 1. The number of aromatic nitrogens is 3. The zero-order valence-corrected chi connectivity index (χ0v) is 14.4. The molecule has 1 aliphatic rings. The van der Waals surface area contributed by atoms with Gasteiger partial charge in [-0.15, -0.1) is 0 Å². The molecule has 0 saturated carbocycles. The molecular weight excluding hydrogens is 306 g/mol. The Morgan fingerprint density at radius 1 is 1.42 bits per heavy atom. The van der Waals surface area contributed by atoms with E-state index in [-0.39, 0.29) is 6.03 Å². The summed E-state index contributed by atoms with van der Waals surface area (Å²) in [5, 5.41) is 2.95. The topological polar surface area (TPSA) is 72.3 Å². The summed E-state index contributed by atoms with van der Waals surface area (Å²) >= 11 is 0. The molecule has 0 atom stereocenters. The first-order valence-electron chi connectivity index (χ1n) is 8.58. The number of nitrogens with zero attached hydrogens (tertiary/aromatic N) is 4. The third kappa shape index (κ3) is 3.36. The fourth-order valence-electron chi connectivity index (χ4n) is 3.26. The molecule has 130 valence electrons. The number of amides is 2. The molecule has 0 aliphatic carbocycles. The Hall–Kier alpha value is -2.15. The number of hydrogen-bond acceptors (Lipinski definition) is 4. The van der Waals surface area contributed by atoms with Crippen molar-refractivity contribution in [3.63, 3.8) is 0 Å². The number of imidazole rings is 1. The van der Waals surface area contributed by atoms with E-state index in [4.69, 9.17) is 4.74 Å². The monoisotopic (exact) mass is 331 g/mol. The average molecular weight is 331 g/mol. The van der Waals surface area contributed by atoms with Crippen LogP contribution in [0, 0.1) is 0 Å². The van der Waals surface area contributed by atoms with E-state index in [9.17, 15) is 4.79 Å². The second kappa shape index (κ2) is 7.61. The van der Waals surface area contributed by atoms with Gasteiger partial charge in [0.1, 0.15) is 17.9 Å². The van der Waals surface area contributed by atoms with Crippen molar-refractivity contribution < 1.29 is 9.53 Å². The molecule has 0 spiro atoms. The lowest BCUT2D eigenvalue weighted by Crippen LogP contribution is -2.45. The van der Waals surface area contributed by atoms with E-state index >= 15 is 0 Å². The number of carbonyl (C=O) groups is 1. The Bertz CT molecular complexity index is 691. The molecule has 1 fully saturated rings. The number of fused-ring (bicyclic) bond motifs is 1. The van der Waals surface area contributed by atoms with Crippen molar-refractivity contribution in [1.82, 2.24) is 24.8 Å². The van der Waals surface area contributed by atoms with Gasteiger partial charge in [-0.1, -0.05) is 6.92 Å². The molecule has 2 amide bonds. The number of nitrogens with one attached hydrogen (secondary N) is 1. The summed E-state index contributed by atoms with van der Waals surface area (Å²) in [4.78, 5) is 23.2. The first kappa shape index (κ1) is 16.7. The Balaban J connectivity index is 1.75. The van der Waals surface area contributed by atoms with Gasteiger partial charge < -0.3 is 19.5 Å². The van der Waals surface area contributed by atoms with Crippen LogP contribution in [0.1, 0.15) is 38.1 Å². The van der Waals surface area contributed by atoms with E-state index in [1.807, 2.05) is 17.0 Å². The molecule has 7 nitrogen and oxygen atoms in total. The van der Waals surface area contributed by atoms with Crippen LogP contribution >= 0.6 is 0 Å². The smallest absolute Gasteiger partial charge is 0.317 e. The summed E-state index contributed by atoms with van der Waals surface area (Å²) in [7, 11) is 1.68. The molecule has 1 aliphatic heterocycles. The minimum Gasteiger partial charge on any atom is -0.377 e. The maximum absolute atomic E-state index is 12.1. The Labute approximate surface area is 142 Å². The van der Waals surface area contributed by atoms with Crippen LogP contribution in [-0.4, -0.2) is 52.2 Å². The van der Waals surface area contributed by atoms with Crippen molar-refractivity contribution in [1.29, 1.82) is 0 Å². The van der Waals surface area contributed by atoms with Crippen LogP contribution in [0.5, 0.6) is 0 Å². The quantitative estimate of drug-likeness (QED) is 0.913. The first-order valence-corrected chi connectivity index (χ1v) is 8.58. The minimum absolute atomic E-state index is 0.0426. The van der Waals surface area contributed by atoms with Gasteiger partial charge in [0.2, 0.25) is 0 Å². The molecule has 0 radical (unpaired) electrons. The van der Waals surface area contributed by atoms with E-state index < -0.39 is 0 Å². The highest BCUT2D eigenvalue weighted by atomic mass is 16.5. The molecule has 3 rings (SSSR count). The van der Waals surface area contributed by atoms with E-state index in [0.29, 0.717) is 12.6 Å². The number of rotatable bonds is 5. The largest absolute Gasteiger partial charge is 0.377 e. The van der Waals surface area contributed by atoms with Crippen LogP contribution in [0.2, 0.25) is 0 Å². The highest BCUT2D eigenvalue weighted by Gasteiger charge is 2.26. The Morgan fingerprint density at radius 2 is 2.21 bits per heavy atom. The second-order valence-corrected chi connectivity index (χ2v) is 6.13. The van der Waals surface area contributed by atoms with E-state index in [1.54, 1.807) is 13.3 Å². The van der Waals surface area contributed by atoms with Crippen molar-refractivity contribution in [3.8, 4) is 0 Å². The summed E-state index contributed by atoms with van der Waals surface area (Å²) < 4.78 is 7.50. The van der Waals surface area contributed by atoms with E-state index in [1.165, 1.54) is 0 Å². The number of piperidine rings is 1. The van der Waals surface area contributed by atoms with E-state index in [2.05, 4.69) is 26.8 Å². The van der Waals surface area contributed by atoms with Gasteiger partial charge in [-0.05, 0) is 31.4 Å². The third-order valence-corrected chi connectivity index (χ3v) is 4.44. The Kier molecular flexibility index (Phi) is 5.30. The third-order valence-electron chi connectivity index (χ3n) is 4.44. The molecular formula is C17H25N5O2. The van der Waals surface area contributed by atoms with Crippen molar-refractivity contribution in [2.75, 3.05) is 26.7 Å². The van der Waals surface area contributed by atoms with E-state index in [0.717, 1.165) is 55.9 Å². The lowest BCUT2D eigenvalue weighted by molar-refractivity contribution is 0.157. The maximum Gasteiger partial charge on any atom is 0.317 e. The van der Waals surface area contributed by atoms with Crippen LogP contribution in [0.25, 0.3) is 11.2 Å². The SMILES string of the molecule is CCCNC(=O)N1CCC(n2c(COC)nc3cccnc32)CC1. The summed E-state index contributed by atoms with van der Waals surface area (Å²) in [5.74, 6) is 0.903. The highest BCUT2D eigenvalue weighted by molar-refractivity contribution is 5.74. The molecule has 0 unspecified atom stereocenters. The number of ether oxygens (including phenoxy) is 1. The van der Waals surface area contributed by atoms with Crippen LogP contribution in [0.15, 0.2) is 18.3 Å². The standard InChI is InChI=1S/C17H25N5O2/c1-3-8-19-17(23)21-10-6-13(7-11-21)22-15(12-24-2)20-14-5-4-9-18-16(14)22/h4-5,9,13H,3,6-8,10-12H2,1-2H3,(H,19,23). The van der Waals surface area contributed by atoms with Gasteiger partial charge in [0.25, 0.3) is 0 Å². The summed E-state index contributed by atoms with van der Waals surface area (Å²) in [6.07, 6.45) is 4.55. The number of methoxy groups -OCH3 is 1. The minimum atomic E-state index is 0.0426. The molecule has 24 heavy (non-hydrogen) atoms. The predicted octanol–water partition coefficient (Wildman–Crippen LogP) is 2.33. The molecule has 0 aromatic carbocycles. The average Bonchev–Trinajstić information content (AvgIpc) is 2.98. The number of urea groups is 1. The number of hydrogen-bond donors (Lipinski definition) is 1. The van der Waals surface area contributed by atoms with Gasteiger partial charge in [-0.2, -0.15) is 0 Å². The van der Waals surface area contributed by atoms with Crippen LogP contribution in [-0.2, 0) is 11.3 Å². The van der Waals surface area contributed by atoms with Crippen molar-refractivity contribution >= 4 is 17.2 Å². The van der Waals surface area contributed by atoms with Crippen molar-refractivity contribution in [3.05, 3.63) is 24.2 Å². The van der Waals surface area contributed by atoms with Gasteiger partial charge in [-0.3, -0.25) is 0 Å². The zero-order valence-electron chi connectivity index (χ0n) is 14.4. The van der Waals surface area contributed by atoms with Crippen molar-refractivity contribution in [2.45, 2.75) is 38.8 Å². The highest BCUT2D eigenvalue weighted by Crippen LogP contribution is 2.28. The molecule has 2 aromatic rings. The lowest BCUT2D eigenvalue weighted by Gasteiger charge is -2.33. The molecule has 1 N–H and O–H groups in total. The fourth-order valence-corrected chi connectivity index (χ4v) is 3.26. The van der Waals surface area contributed by atoms with Crippen LogP contribution < -0.4 is 5.32 Å². The Morgan fingerprint density at radius 3 is 2.92 bits per heavy atom. The second-order valence-electron chi connectivity index (χ2n) is 6.13. The molecule has 7 heteroatoms. The predicted molar refractivity (Wildman–Crippen MR) is 91.8 cm³/mol. The molecule has 2 aromatic heterocycles. The molecule has 0 bridgehead atoms. The van der Waals surface area contributed by atoms with Gasteiger partial charge in [0.15, 0.2) is 5.65 Å². The fraction of sp³-hybridized carbons (Fsp3) is 0.588. The lowest BCUT2D eigenvalue weighted by atomic mass is 10.0. The maximum atomic E-state index is 12.1. The number of pyridine rings is 1. The summed E-state index contributed by atoms with van der Waals surface area (Å²) in [6, 6.07) is 4.22. The zero-order chi connectivity index (χ0) is 16.9. The van der Waals surface area contributed by atoms with Crippen molar-refractivity contribution in [2.24, 2.45) is 0 Å². The summed E-state index contributed by atoms with van der Waals surface area (Å²) in [5.41, 5.74) is 1.80. The van der Waals surface area contributed by atoms with Gasteiger partial charge in [0.05, 0.1) is 0 Å². The van der Waals surface area contributed by atoms with Gasteiger partial charge >= 0.3 is 6.03 Å². The first-order chi connectivity index (χ1) is 11.7. The van der Waals surface area contributed by atoms with Gasteiger partial charge in [-0.25, -0.2) is 14.8 Å². The summed E-state index contributed by atoms with van der Waals surface area (Å²) in [6.45, 7) is 4.75. The normalized spacial score (nSPS) is 15.8. The molecule has 1 saturated heterocycles. The molecule has 3 heterocycles. The van der Waals surface area contributed by atoms with Gasteiger partial charge in [0, 0.05) is 39.0 Å². The van der Waals surface area contributed by atoms with Crippen LogP contribution in [0.4, 0.5) is 4.79 Å². The number of carbonyl (C=O) groups excluding carboxylic acids is 1.